The molecule has 2 saturated heterocycles. The lowest BCUT2D eigenvalue weighted by Gasteiger charge is -2.35. The molecule has 2 aromatic heterocycles. The molecule has 0 bridgehead atoms. The van der Waals surface area contributed by atoms with E-state index in [2.05, 4.69) is 9.88 Å². The molecule has 2 aliphatic rings. The fraction of sp³-hybridized carbons (Fsp3) is 0.455. The van der Waals surface area contributed by atoms with Crippen LogP contribution in [0.1, 0.15) is 32.4 Å². The molecule has 2 fully saturated rings. The number of nitrogens with zero attached hydrogens (tertiary/aromatic N) is 3. The average molecular weight is 445 g/mol. The van der Waals surface area contributed by atoms with Gasteiger partial charge in [0.05, 0.1) is 30.7 Å². The lowest BCUT2D eigenvalue weighted by Crippen LogP contribution is -2.44. The molecule has 4 heterocycles. The van der Waals surface area contributed by atoms with Crippen LogP contribution in [0, 0.1) is 5.82 Å². The summed E-state index contributed by atoms with van der Waals surface area (Å²) in [5.41, 5.74) is 1.65. The van der Waals surface area contributed by atoms with Crippen LogP contribution in [-0.2, 0) is 19.3 Å². The van der Waals surface area contributed by atoms with Crippen molar-refractivity contribution in [2.24, 2.45) is 0 Å². The van der Waals surface area contributed by atoms with Gasteiger partial charge in [0.1, 0.15) is 16.4 Å². The van der Waals surface area contributed by atoms with Crippen molar-refractivity contribution in [2.75, 3.05) is 30.4 Å². The van der Waals surface area contributed by atoms with Gasteiger partial charge >= 0.3 is 0 Å². The normalized spacial score (nSPS) is 25.9. The van der Waals surface area contributed by atoms with Crippen molar-refractivity contribution in [1.82, 2.24) is 15.0 Å². The van der Waals surface area contributed by atoms with E-state index in [0.29, 0.717) is 61.0 Å². The number of rotatable bonds is 3. The van der Waals surface area contributed by atoms with Gasteiger partial charge in [-0.2, -0.15) is 0 Å². The number of aromatic nitrogens is 3. The van der Waals surface area contributed by atoms with Gasteiger partial charge in [0.25, 0.3) is 0 Å². The minimum absolute atomic E-state index is 0.0807. The summed E-state index contributed by atoms with van der Waals surface area (Å²) in [6.45, 7) is 5.55. The second-order valence-electron chi connectivity index (χ2n) is 8.60. The second kappa shape index (κ2) is 7.27. The zero-order valence-corrected chi connectivity index (χ0v) is 18.4. The fourth-order valence-electron chi connectivity index (χ4n) is 4.62. The summed E-state index contributed by atoms with van der Waals surface area (Å²) in [7, 11) is -3.35. The van der Waals surface area contributed by atoms with Crippen LogP contribution in [-0.4, -0.2) is 54.9 Å². The highest BCUT2D eigenvalue weighted by Crippen LogP contribution is 2.42. The van der Waals surface area contributed by atoms with Crippen molar-refractivity contribution in [3.63, 3.8) is 0 Å². The zero-order valence-electron chi connectivity index (χ0n) is 17.6. The van der Waals surface area contributed by atoms with Crippen LogP contribution in [0.25, 0.3) is 22.3 Å². The van der Waals surface area contributed by atoms with Gasteiger partial charge in [-0.25, -0.2) is 22.8 Å². The molecule has 0 amide bonds. The van der Waals surface area contributed by atoms with E-state index in [-0.39, 0.29) is 11.8 Å². The maximum Gasteiger partial charge on any atom is 0.162 e. The number of benzene rings is 1. The summed E-state index contributed by atoms with van der Waals surface area (Å²) in [6, 6.07) is 6.56. The van der Waals surface area contributed by atoms with Crippen molar-refractivity contribution >= 4 is 26.6 Å². The molecule has 3 aromatic rings. The number of ether oxygens (including phenoxy) is 1. The Morgan fingerprint density at radius 2 is 2.13 bits per heavy atom. The number of hydrogen-bond acceptors (Lipinski definition) is 6. The number of nitrogens with one attached hydrogen (secondary N) is 1. The van der Waals surface area contributed by atoms with E-state index in [1.54, 1.807) is 19.2 Å². The molecule has 31 heavy (non-hydrogen) atoms. The lowest BCUT2D eigenvalue weighted by atomic mass is 10.00. The number of aromatic amines is 1. The van der Waals surface area contributed by atoms with Crippen molar-refractivity contribution < 1.29 is 17.5 Å². The first-order chi connectivity index (χ1) is 14.8. The van der Waals surface area contributed by atoms with Crippen LogP contribution >= 0.6 is 0 Å². The predicted molar refractivity (Wildman–Crippen MR) is 117 cm³/mol. The minimum Gasteiger partial charge on any atom is -0.377 e. The third-order valence-electron chi connectivity index (χ3n) is 6.54. The third-order valence-corrected chi connectivity index (χ3v) is 9.16. The van der Waals surface area contributed by atoms with Crippen LogP contribution in [0.2, 0.25) is 0 Å². The van der Waals surface area contributed by atoms with E-state index >= 15 is 0 Å². The Labute approximate surface area is 180 Å². The van der Waals surface area contributed by atoms with Gasteiger partial charge in [-0.15, -0.1) is 0 Å². The second-order valence-corrected chi connectivity index (χ2v) is 11.1. The number of morpholine rings is 1. The highest BCUT2D eigenvalue weighted by Gasteiger charge is 2.46. The maximum atomic E-state index is 14.4. The largest absolute Gasteiger partial charge is 0.377 e. The molecule has 1 aromatic carbocycles. The SMILES string of the molecule is C[C@@H]1COCCN1c1cc([C@]2(C)CCCS2(=O)=O)nc(-c2cc(F)cc3[nH]ccc23)n1. The molecule has 2 atom stereocenters. The van der Waals surface area contributed by atoms with Gasteiger partial charge in [0, 0.05) is 35.3 Å². The number of sulfone groups is 1. The Hall–Kier alpha value is -2.52. The number of H-pyrrole nitrogens is 1. The van der Waals surface area contributed by atoms with E-state index < -0.39 is 20.4 Å². The zero-order chi connectivity index (χ0) is 21.8. The van der Waals surface area contributed by atoms with E-state index in [9.17, 15) is 12.8 Å². The smallest absolute Gasteiger partial charge is 0.162 e. The first-order valence-electron chi connectivity index (χ1n) is 10.5. The molecule has 0 unspecified atom stereocenters. The molecule has 7 nitrogen and oxygen atoms in total. The number of halogens is 1. The van der Waals surface area contributed by atoms with Crippen LogP contribution in [0.15, 0.2) is 30.5 Å². The van der Waals surface area contributed by atoms with Crippen molar-refractivity contribution in [1.29, 1.82) is 0 Å². The Balaban J connectivity index is 1.75. The molecule has 1 N–H and O–H groups in total. The molecule has 0 radical (unpaired) electrons. The quantitative estimate of drug-likeness (QED) is 0.666. The molecule has 0 saturated carbocycles. The van der Waals surface area contributed by atoms with Crippen molar-refractivity contribution in [2.45, 2.75) is 37.5 Å². The van der Waals surface area contributed by atoms with Gasteiger partial charge in [-0.05, 0) is 44.9 Å². The maximum absolute atomic E-state index is 14.4. The molecule has 2 aliphatic heterocycles. The fourth-order valence-corrected chi connectivity index (χ4v) is 6.48. The molecule has 0 spiro atoms. The first-order valence-corrected chi connectivity index (χ1v) is 12.2. The van der Waals surface area contributed by atoms with Crippen molar-refractivity contribution in [3.05, 3.63) is 42.0 Å². The Bertz CT molecular complexity index is 1260. The van der Waals surface area contributed by atoms with E-state index in [4.69, 9.17) is 14.7 Å². The van der Waals surface area contributed by atoms with Crippen LogP contribution in [0.4, 0.5) is 10.2 Å². The molecule has 9 heteroatoms. The van der Waals surface area contributed by atoms with Gasteiger partial charge in [0.2, 0.25) is 0 Å². The van der Waals surface area contributed by atoms with Gasteiger partial charge in [0.15, 0.2) is 15.7 Å². The van der Waals surface area contributed by atoms with Crippen LogP contribution in [0.5, 0.6) is 0 Å². The van der Waals surface area contributed by atoms with Crippen LogP contribution in [0.3, 0.4) is 0 Å². The van der Waals surface area contributed by atoms with Gasteiger partial charge in [-0.1, -0.05) is 0 Å². The summed E-state index contributed by atoms with van der Waals surface area (Å²) < 4.78 is 44.8. The number of hydrogen-bond donors (Lipinski definition) is 1. The first kappa shape index (κ1) is 20.4. The highest BCUT2D eigenvalue weighted by atomic mass is 32.2. The summed E-state index contributed by atoms with van der Waals surface area (Å²) >= 11 is 0. The standard InChI is InChI=1S/C22H25FN4O3S/c1-14-13-30-8-7-27(14)20-12-19(22(2)5-3-9-31(22,28)29)25-21(26-20)17-10-15(23)11-18-16(17)4-6-24-18/h4,6,10-12,14,24H,3,5,7-9,13H2,1-2H3/t14-,22+/m1/s1. The lowest BCUT2D eigenvalue weighted by molar-refractivity contribution is 0.0985. The minimum atomic E-state index is -3.35. The van der Waals surface area contributed by atoms with E-state index in [1.165, 1.54) is 12.1 Å². The highest BCUT2D eigenvalue weighted by molar-refractivity contribution is 7.92. The Morgan fingerprint density at radius 1 is 1.29 bits per heavy atom. The predicted octanol–water partition coefficient (Wildman–Crippen LogP) is 3.41. The van der Waals surface area contributed by atoms with Crippen molar-refractivity contribution in [3.8, 4) is 11.4 Å². The molecule has 164 valence electrons. The number of fused-ring (bicyclic) bond motifs is 1. The molecule has 0 aliphatic carbocycles. The van der Waals surface area contributed by atoms with E-state index in [1.807, 2.05) is 13.0 Å². The van der Waals surface area contributed by atoms with Gasteiger partial charge < -0.3 is 14.6 Å². The Kier molecular flexibility index (Phi) is 4.78. The average Bonchev–Trinajstić information content (AvgIpc) is 3.31. The molecule has 5 rings (SSSR count). The summed E-state index contributed by atoms with van der Waals surface area (Å²) in [5.74, 6) is 0.722. The Morgan fingerprint density at radius 3 is 2.87 bits per heavy atom. The summed E-state index contributed by atoms with van der Waals surface area (Å²) in [5, 5.41) is 0.791. The van der Waals surface area contributed by atoms with E-state index in [0.717, 1.165) is 5.39 Å². The summed E-state index contributed by atoms with van der Waals surface area (Å²) in [4.78, 5) is 14.6. The third kappa shape index (κ3) is 3.30. The van der Waals surface area contributed by atoms with Crippen LogP contribution < -0.4 is 4.90 Å². The monoisotopic (exact) mass is 444 g/mol. The van der Waals surface area contributed by atoms with Gasteiger partial charge in [-0.3, -0.25) is 0 Å². The topological polar surface area (TPSA) is 88.2 Å². The molecular formula is C22H25FN4O3S. The molecular weight excluding hydrogens is 419 g/mol. The number of anilines is 1. The summed E-state index contributed by atoms with van der Waals surface area (Å²) in [6.07, 6.45) is 2.85.